The Balaban J connectivity index is 2.30. The summed E-state index contributed by atoms with van der Waals surface area (Å²) in [6.45, 7) is 0. The molecule has 0 aliphatic heterocycles. The Morgan fingerprint density at radius 3 is 2.81 bits per heavy atom. The van der Waals surface area contributed by atoms with E-state index in [9.17, 15) is 14.9 Å². The largest absolute Gasteiger partial charge is 0.321 e. The summed E-state index contributed by atoms with van der Waals surface area (Å²) in [7, 11) is 0. The molecule has 21 heavy (non-hydrogen) atoms. The summed E-state index contributed by atoms with van der Waals surface area (Å²) >= 11 is 4.11. The van der Waals surface area contributed by atoms with Crippen LogP contribution in [0.5, 0.6) is 0 Å². The Bertz CT molecular complexity index is 770. The van der Waals surface area contributed by atoms with Gasteiger partial charge < -0.3 is 5.32 Å². The van der Waals surface area contributed by atoms with E-state index in [2.05, 4.69) is 22.9 Å². The Hall–Kier alpha value is -2.92. The molecule has 0 bridgehead atoms. The minimum Gasteiger partial charge on any atom is -0.321 e. The smallest absolute Gasteiger partial charge is 0.270 e. The lowest BCUT2D eigenvalue weighted by molar-refractivity contribution is -0.384. The van der Waals surface area contributed by atoms with E-state index in [4.69, 9.17) is 5.26 Å². The van der Waals surface area contributed by atoms with Gasteiger partial charge >= 0.3 is 0 Å². The quantitative estimate of drug-likeness (QED) is 0.514. The Morgan fingerprint density at radius 1 is 1.38 bits per heavy atom. The van der Waals surface area contributed by atoms with E-state index in [-0.39, 0.29) is 16.8 Å². The summed E-state index contributed by atoms with van der Waals surface area (Å²) in [6.07, 6.45) is 2.72. The number of hydrogen-bond donors (Lipinski definition) is 2. The molecule has 0 saturated carbocycles. The molecule has 1 aromatic carbocycles. The second-order valence-corrected chi connectivity index (χ2v) is 4.47. The van der Waals surface area contributed by atoms with Crippen molar-refractivity contribution in [2.75, 3.05) is 5.32 Å². The number of rotatable bonds is 3. The van der Waals surface area contributed by atoms with Crippen molar-refractivity contribution in [2.24, 2.45) is 0 Å². The van der Waals surface area contributed by atoms with E-state index in [0.717, 1.165) is 6.07 Å². The van der Waals surface area contributed by atoms with Crippen LogP contribution in [0.2, 0.25) is 0 Å². The second-order valence-electron chi connectivity index (χ2n) is 3.99. The highest BCUT2D eigenvalue weighted by molar-refractivity contribution is 7.80. The lowest BCUT2D eigenvalue weighted by Crippen LogP contribution is -2.13. The molecule has 2 aromatic rings. The average Bonchev–Trinajstić information content (AvgIpc) is 2.47. The number of anilines is 1. The number of carbonyl (C=O) groups excluding carboxylic acids is 1. The van der Waals surface area contributed by atoms with E-state index in [1.807, 2.05) is 6.07 Å². The standard InChI is InChI=1S/C13H8N4O3S/c14-5-8-3-9(7-15-6-8)16-13(18)11-4-10(17(19)20)1-2-12(11)21/h1-4,6-7,21H,(H,16,18). The number of hydrogen-bond acceptors (Lipinski definition) is 6. The molecule has 0 spiro atoms. The third-order valence-electron chi connectivity index (χ3n) is 2.56. The number of pyridine rings is 1. The third-order valence-corrected chi connectivity index (χ3v) is 2.95. The van der Waals surface area contributed by atoms with Crippen LogP contribution in [0.4, 0.5) is 11.4 Å². The van der Waals surface area contributed by atoms with Crippen LogP contribution in [0, 0.1) is 21.4 Å². The predicted octanol–water partition coefficient (Wildman–Crippen LogP) is 2.40. The highest BCUT2D eigenvalue weighted by Crippen LogP contribution is 2.22. The van der Waals surface area contributed by atoms with Gasteiger partial charge in [-0.15, -0.1) is 12.6 Å². The first-order valence-electron chi connectivity index (χ1n) is 5.65. The molecule has 2 rings (SSSR count). The number of aromatic nitrogens is 1. The number of nitriles is 1. The summed E-state index contributed by atoms with van der Waals surface area (Å²) in [5, 5.41) is 22.0. The molecule has 8 heteroatoms. The molecule has 7 nitrogen and oxygen atoms in total. The zero-order chi connectivity index (χ0) is 15.4. The maximum absolute atomic E-state index is 12.1. The Labute approximate surface area is 124 Å². The molecule has 0 saturated heterocycles. The van der Waals surface area contributed by atoms with Crippen molar-refractivity contribution in [1.29, 1.82) is 5.26 Å². The lowest BCUT2D eigenvalue weighted by atomic mass is 10.2. The molecule has 1 heterocycles. The molecule has 0 atom stereocenters. The molecular weight excluding hydrogens is 292 g/mol. The van der Waals surface area contributed by atoms with Crippen molar-refractivity contribution in [3.8, 4) is 6.07 Å². The second kappa shape index (κ2) is 6.02. The Kier molecular flexibility index (Phi) is 4.15. The first kappa shape index (κ1) is 14.5. The first-order chi connectivity index (χ1) is 10.0. The third kappa shape index (κ3) is 3.34. The van der Waals surface area contributed by atoms with Crippen LogP contribution < -0.4 is 5.32 Å². The van der Waals surface area contributed by atoms with Crippen LogP contribution in [0.15, 0.2) is 41.6 Å². The van der Waals surface area contributed by atoms with Gasteiger partial charge in [0.25, 0.3) is 11.6 Å². The molecule has 0 fully saturated rings. The van der Waals surface area contributed by atoms with Crippen LogP contribution in [-0.2, 0) is 0 Å². The lowest BCUT2D eigenvalue weighted by Gasteiger charge is -2.07. The van der Waals surface area contributed by atoms with Gasteiger partial charge in [0, 0.05) is 23.2 Å². The molecule has 1 amide bonds. The van der Waals surface area contributed by atoms with Gasteiger partial charge in [0.05, 0.1) is 27.9 Å². The number of benzene rings is 1. The topological polar surface area (TPSA) is 109 Å². The maximum atomic E-state index is 12.1. The number of nitro groups is 1. The summed E-state index contributed by atoms with van der Waals surface area (Å²) in [5.41, 5.74) is 0.466. The summed E-state index contributed by atoms with van der Waals surface area (Å²) in [4.78, 5) is 26.4. The van der Waals surface area contributed by atoms with Crippen LogP contribution in [0.3, 0.4) is 0 Å². The molecule has 1 aromatic heterocycles. The van der Waals surface area contributed by atoms with E-state index in [0.29, 0.717) is 10.6 Å². The highest BCUT2D eigenvalue weighted by atomic mass is 32.1. The van der Waals surface area contributed by atoms with E-state index in [1.54, 1.807) is 0 Å². The normalized spacial score (nSPS) is 9.71. The number of amides is 1. The zero-order valence-corrected chi connectivity index (χ0v) is 11.4. The van der Waals surface area contributed by atoms with Gasteiger partial charge in [-0.1, -0.05) is 0 Å². The van der Waals surface area contributed by atoms with Gasteiger partial charge in [0.1, 0.15) is 6.07 Å². The summed E-state index contributed by atoms with van der Waals surface area (Å²) in [5.74, 6) is -0.569. The van der Waals surface area contributed by atoms with Crippen LogP contribution >= 0.6 is 12.6 Å². The average molecular weight is 300 g/mol. The molecule has 0 unspecified atom stereocenters. The van der Waals surface area contributed by atoms with Crippen molar-refractivity contribution >= 4 is 29.9 Å². The van der Waals surface area contributed by atoms with Gasteiger partial charge in [0.15, 0.2) is 0 Å². The van der Waals surface area contributed by atoms with Crippen LogP contribution in [-0.4, -0.2) is 15.8 Å². The fourth-order valence-electron chi connectivity index (χ4n) is 1.59. The predicted molar refractivity (Wildman–Crippen MR) is 77.3 cm³/mol. The van der Waals surface area contributed by atoms with Crippen molar-refractivity contribution < 1.29 is 9.72 Å². The van der Waals surface area contributed by atoms with E-state index < -0.39 is 10.8 Å². The fourth-order valence-corrected chi connectivity index (χ4v) is 1.83. The number of thiol groups is 1. The maximum Gasteiger partial charge on any atom is 0.270 e. The zero-order valence-electron chi connectivity index (χ0n) is 10.5. The van der Waals surface area contributed by atoms with E-state index >= 15 is 0 Å². The SMILES string of the molecule is N#Cc1cncc(NC(=O)c2cc([N+](=O)[O-])ccc2S)c1. The van der Waals surface area contributed by atoms with Gasteiger partial charge in [-0.05, 0) is 12.1 Å². The van der Waals surface area contributed by atoms with E-state index in [1.165, 1.54) is 30.6 Å². The van der Waals surface area contributed by atoms with Gasteiger partial charge in [0.2, 0.25) is 0 Å². The van der Waals surface area contributed by atoms with Crippen molar-refractivity contribution in [3.05, 3.63) is 57.9 Å². The molecule has 0 radical (unpaired) electrons. The molecule has 0 aliphatic rings. The summed E-state index contributed by atoms with van der Waals surface area (Å²) in [6, 6.07) is 7.12. The number of non-ortho nitro benzene ring substituents is 1. The Morgan fingerprint density at radius 2 is 2.14 bits per heavy atom. The minimum absolute atomic E-state index is 0.0647. The highest BCUT2D eigenvalue weighted by Gasteiger charge is 2.15. The first-order valence-corrected chi connectivity index (χ1v) is 6.10. The van der Waals surface area contributed by atoms with Gasteiger partial charge in [-0.25, -0.2) is 0 Å². The van der Waals surface area contributed by atoms with Crippen molar-refractivity contribution in [2.45, 2.75) is 4.90 Å². The summed E-state index contributed by atoms with van der Waals surface area (Å²) < 4.78 is 0. The monoisotopic (exact) mass is 300 g/mol. The van der Waals surface area contributed by atoms with Crippen LogP contribution in [0.25, 0.3) is 0 Å². The number of nitro benzene ring substituents is 1. The number of nitrogens with one attached hydrogen (secondary N) is 1. The molecular formula is C13H8N4O3S. The fraction of sp³-hybridized carbons (Fsp3) is 0. The molecule has 1 N–H and O–H groups in total. The minimum atomic E-state index is -0.595. The van der Waals surface area contributed by atoms with Crippen molar-refractivity contribution in [3.63, 3.8) is 0 Å². The molecule has 104 valence electrons. The van der Waals surface area contributed by atoms with Gasteiger partial charge in [-0.2, -0.15) is 5.26 Å². The van der Waals surface area contributed by atoms with Crippen LogP contribution in [0.1, 0.15) is 15.9 Å². The van der Waals surface area contributed by atoms with Crippen molar-refractivity contribution in [1.82, 2.24) is 4.98 Å². The molecule has 0 aliphatic carbocycles. The van der Waals surface area contributed by atoms with Gasteiger partial charge in [-0.3, -0.25) is 19.9 Å². The number of nitrogens with zero attached hydrogens (tertiary/aromatic N) is 3. The number of carbonyl (C=O) groups is 1.